The minimum atomic E-state index is -0.648. The van der Waals surface area contributed by atoms with E-state index in [0.29, 0.717) is 35.6 Å². The first-order chi connectivity index (χ1) is 13.6. The van der Waals surface area contributed by atoms with Crippen LogP contribution in [0.2, 0.25) is 0 Å². The zero-order valence-electron chi connectivity index (χ0n) is 16.5. The molecule has 2 aromatic carbocycles. The van der Waals surface area contributed by atoms with Crippen molar-refractivity contribution in [2.24, 2.45) is 0 Å². The van der Waals surface area contributed by atoms with Gasteiger partial charge in [0.05, 0.1) is 34.5 Å². The highest BCUT2D eigenvalue weighted by Gasteiger charge is 2.21. The van der Waals surface area contributed by atoms with E-state index < -0.39 is 6.04 Å². The molecule has 150 valence electrons. The SMILES string of the molecule is COc1ccc(CC(NC=O)C(=O)Cc2cc(OC)c(OC)c(OC)c2)cc1. The van der Waals surface area contributed by atoms with Crippen molar-refractivity contribution >= 4 is 12.2 Å². The van der Waals surface area contributed by atoms with Crippen molar-refractivity contribution in [3.8, 4) is 23.0 Å². The van der Waals surface area contributed by atoms with Crippen molar-refractivity contribution in [2.45, 2.75) is 18.9 Å². The molecule has 1 N–H and O–H groups in total. The first-order valence-electron chi connectivity index (χ1n) is 8.70. The third-order valence-electron chi connectivity index (χ3n) is 4.36. The Labute approximate surface area is 164 Å². The summed E-state index contributed by atoms with van der Waals surface area (Å²) in [5, 5.41) is 2.61. The van der Waals surface area contributed by atoms with Gasteiger partial charge in [0.2, 0.25) is 12.2 Å². The van der Waals surface area contributed by atoms with Gasteiger partial charge in [-0.1, -0.05) is 12.1 Å². The van der Waals surface area contributed by atoms with Gasteiger partial charge in [-0.3, -0.25) is 9.59 Å². The minimum Gasteiger partial charge on any atom is -0.497 e. The number of carbonyl (C=O) groups is 2. The lowest BCUT2D eigenvalue weighted by Gasteiger charge is -2.17. The Morgan fingerprint density at radius 3 is 2.00 bits per heavy atom. The van der Waals surface area contributed by atoms with E-state index in [0.717, 1.165) is 11.3 Å². The van der Waals surface area contributed by atoms with E-state index in [4.69, 9.17) is 18.9 Å². The maximum Gasteiger partial charge on any atom is 0.207 e. The Balaban J connectivity index is 2.20. The molecular weight excluding hydrogens is 362 g/mol. The van der Waals surface area contributed by atoms with Crippen molar-refractivity contribution in [3.05, 3.63) is 47.5 Å². The summed E-state index contributed by atoms with van der Waals surface area (Å²) in [6.45, 7) is 0. The Kier molecular flexibility index (Phi) is 7.68. The van der Waals surface area contributed by atoms with Crippen molar-refractivity contribution < 1.29 is 28.5 Å². The van der Waals surface area contributed by atoms with Crippen LogP contribution in [0.25, 0.3) is 0 Å². The molecule has 1 amide bonds. The molecule has 1 atom stereocenters. The molecule has 1 unspecified atom stereocenters. The van der Waals surface area contributed by atoms with Crippen LogP contribution in [0.1, 0.15) is 11.1 Å². The number of Topliss-reactive ketones (excluding diaryl/α,β-unsaturated/α-hetero) is 1. The Morgan fingerprint density at radius 1 is 0.929 bits per heavy atom. The van der Waals surface area contributed by atoms with Gasteiger partial charge in [0.1, 0.15) is 5.75 Å². The third-order valence-corrected chi connectivity index (χ3v) is 4.36. The van der Waals surface area contributed by atoms with Crippen molar-refractivity contribution in [1.82, 2.24) is 5.32 Å². The molecule has 7 heteroatoms. The summed E-state index contributed by atoms with van der Waals surface area (Å²) < 4.78 is 21.1. The van der Waals surface area contributed by atoms with Crippen LogP contribution in [0.5, 0.6) is 23.0 Å². The fourth-order valence-corrected chi connectivity index (χ4v) is 2.91. The molecule has 0 radical (unpaired) electrons. The molecule has 2 aromatic rings. The molecule has 0 saturated heterocycles. The summed E-state index contributed by atoms with van der Waals surface area (Å²) in [5.41, 5.74) is 1.62. The van der Waals surface area contributed by atoms with Gasteiger partial charge < -0.3 is 24.3 Å². The summed E-state index contributed by atoms with van der Waals surface area (Å²) in [5.74, 6) is 2.01. The molecule has 0 fully saturated rings. The van der Waals surface area contributed by atoms with Gasteiger partial charge in [-0.2, -0.15) is 0 Å². The predicted octanol–water partition coefficient (Wildman–Crippen LogP) is 2.19. The highest BCUT2D eigenvalue weighted by atomic mass is 16.5. The van der Waals surface area contributed by atoms with Gasteiger partial charge in [0.25, 0.3) is 0 Å². The van der Waals surface area contributed by atoms with Crippen molar-refractivity contribution in [1.29, 1.82) is 0 Å². The van der Waals surface area contributed by atoms with Gasteiger partial charge in [-0.15, -0.1) is 0 Å². The second-order valence-electron chi connectivity index (χ2n) is 6.07. The Hall–Kier alpha value is -3.22. The van der Waals surface area contributed by atoms with Crippen LogP contribution >= 0.6 is 0 Å². The van der Waals surface area contributed by atoms with Gasteiger partial charge in [0, 0.05) is 6.42 Å². The maximum atomic E-state index is 12.8. The number of ether oxygens (including phenoxy) is 4. The maximum absolute atomic E-state index is 12.8. The normalized spacial score (nSPS) is 11.3. The van der Waals surface area contributed by atoms with E-state index in [9.17, 15) is 9.59 Å². The van der Waals surface area contributed by atoms with Gasteiger partial charge in [0.15, 0.2) is 17.3 Å². The highest BCUT2D eigenvalue weighted by Crippen LogP contribution is 2.38. The molecule has 28 heavy (non-hydrogen) atoms. The molecular formula is C21H25NO6. The van der Waals surface area contributed by atoms with Crippen LogP contribution < -0.4 is 24.3 Å². The molecule has 0 bridgehead atoms. The van der Waals surface area contributed by atoms with Crippen LogP contribution in [0.4, 0.5) is 0 Å². The van der Waals surface area contributed by atoms with E-state index in [1.165, 1.54) is 21.3 Å². The van der Waals surface area contributed by atoms with Gasteiger partial charge in [-0.25, -0.2) is 0 Å². The van der Waals surface area contributed by atoms with E-state index >= 15 is 0 Å². The van der Waals surface area contributed by atoms with Gasteiger partial charge in [-0.05, 0) is 41.8 Å². The summed E-state index contributed by atoms with van der Waals surface area (Å²) in [6.07, 6.45) is 1.03. The number of rotatable bonds is 11. The van der Waals surface area contributed by atoms with Gasteiger partial charge >= 0.3 is 0 Å². The summed E-state index contributed by atoms with van der Waals surface area (Å²) >= 11 is 0. The lowest BCUT2D eigenvalue weighted by molar-refractivity contribution is -0.123. The Morgan fingerprint density at radius 2 is 1.54 bits per heavy atom. The number of benzene rings is 2. The predicted molar refractivity (Wildman–Crippen MR) is 104 cm³/mol. The van der Waals surface area contributed by atoms with E-state index in [1.807, 2.05) is 24.3 Å². The molecule has 2 rings (SSSR count). The minimum absolute atomic E-state index is 0.109. The fraction of sp³-hybridized carbons (Fsp3) is 0.333. The molecule has 0 aliphatic heterocycles. The Bertz CT molecular complexity index is 778. The number of hydrogen-bond donors (Lipinski definition) is 1. The number of carbonyl (C=O) groups excluding carboxylic acids is 2. The molecule has 0 heterocycles. The zero-order chi connectivity index (χ0) is 20.5. The molecule has 0 spiro atoms. The first-order valence-corrected chi connectivity index (χ1v) is 8.70. The molecule has 0 aromatic heterocycles. The van der Waals surface area contributed by atoms with Crippen LogP contribution in [0.3, 0.4) is 0 Å². The largest absolute Gasteiger partial charge is 0.497 e. The average molecular weight is 387 g/mol. The fourth-order valence-electron chi connectivity index (χ4n) is 2.91. The van der Waals surface area contributed by atoms with E-state index in [-0.39, 0.29) is 12.2 Å². The van der Waals surface area contributed by atoms with Crippen LogP contribution in [-0.4, -0.2) is 46.7 Å². The molecule has 7 nitrogen and oxygen atoms in total. The first kappa shape index (κ1) is 21.1. The summed E-state index contributed by atoms with van der Waals surface area (Å²) in [4.78, 5) is 23.8. The number of methoxy groups -OCH3 is 4. The number of ketones is 1. The lowest BCUT2D eigenvalue weighted by Crippen LogP contribution is -2.38. The number of hydrogen-bond acceptors (Lipinski definition) is 6. The van der Waals surface area contributed by atoms with Crippen LogP contribution in [0.15, 0.2) is 36.4 Å². The smallest absolute Gasteiger partial charge is 0.207 e. The number of amides is 1. The number of nitrogens with one attached hydrogen (secondary N) is 1. The average Bonchev–Trinajstić information content (AvgIpc) is 2.73. The standard InChI is InChI=1S/C21H25NO6/c1-25-16-7-5-14(6-8-16)9-17(22-13-23)18(24)10-15-11-19(26-2)21(28-4)20(12-15)27-3/h5-8,11-13,17H,9-10H2,1-4H3,(H,22,23). The quantitative estimate of drug-likeness (QED) is 0.595. The lowest BCUT2D eigenvalue weighted by atomic mass is 9.97. The summed E-state index contributed by atoms with van der Waals surface area (Å²) in [6, 6.07) is 10.2. The summed E-state index contributed by atoms with van der Waals surface area (Å²) in [7, 11) is 6.14. The molecule has 0 aliphatic rings. The van der Waals surface area contributed by atoms with Crippen molar-refractivity contribution in [2.75, 3.05) is 28.4 Å². The highest BCUT2D eigenvalue weighted by molar-refractivity contribution is 5.88. The second-order valence-corrected chi connectivity index (χ2v) is 6.07. The van der Waals surface area contributed by atoms with E-state index in [1.54, 1.807) is 19.2 Å². The second kappa shape index (κ2) is 10.2. The van der Waals surface area contributed by atoms with Crippen LogP contribution in [0, 0.1) is 0 Å². The topological polar surface area (TPSA) is 83.1 Å². The monoisotopic (exact) mass is 387 g/mol. The van der Waals surface area contributed by atoms with E-state index in [2.05, 4.69) is 5.32 Å². The molecule has 0 aliphatic carbocycles. The third kappa shape index (κ3) is 5.16. The zero-order valence-corrected chi connectivity index (χ0v) is 16.5. The van der Waals surface area contributed by atoms with Crippen LogP contribution in [-0.2, 0) is 22.4 Å². The van der Waals surface area contributed by atoms with Crippen molar-refractivity contribution in [3.63, 3.8) is 0 Å². The molecule has 0 saturated carbocycles.